The smallest absolute Gasteiger partial charge is 0.259 e. The third-order valence-electron chi connectivity index (χ3n) is 5.38. The minimum absolute atomic E-state index is 0.186. The number of carbonyl (C=O) groups is 1. The number of rotatable bonds is 9. The van der Waals surface area contributed by atoms with Crippen LogP contribution < -0.4 is 10.1 Å². The van der Waals surface area contributed by atoms with E-state index in [1.54, 1.807) is 50.2 Å². The number of nitrogens with one attached hydrogen (secondary N) is 1. The molecule has 0 unspecified atom stereocenters. The Balaban J connectivity index is 1.46. The minimum Gasteiger partial charge on any atom is -0.486 e. The molecule has 2 heterocycles. The molecule has 9 heteroatoms. The Morgan fingerprint density at radius 2 is 1.71 bits per heavy atom. The zero-order valence-corrected chi connectivity index (χ0v) is 19.8. The summed E-state index contributed by atoms with van der Waals surface area (Å²) in [4.78, 5) is 17.6. The van der Waals surface area contributed by atoms with Gasteiger partial charge in [-0.25, -0.2) is 13.4 Å². The number of nitrogens with zero attached hydrogens (tertiary/aromatic N) is 3. The third kappa shape index (κ3) is 4.95. The molecule has 0 saturated heterocycles. The van der Waals surface area contributed by atoms with Crippen molar-refractivity contribution in [1.29, 1.82) is 0 Å². The van der Waals surface area contributed by atoms with Crippen molar-refractivity contribution in [2.45, 2.75) is 25.3 Å². The lowest BCUT2D eigenvalue weighted by atomic mass is 10.2. The monoisotopic (exact) mass is 478 g/mol. The van der Waals surface area contributed by atoms with Crippen LogP contribution in [0.25, 0.3) is 5.65 Å². The summed E-state index contributed by atoms with van der Waals surface area (Å²) in [5, 5.41) is 2.81. The van der Waals surface area contributed by atoms with Gasteiger partial charge in [0.05, 0.1) is 16.2 Å². The summed E-state index contributed by atoms with van der Waals surface area (Å²) in [7, 11) is -3.56. The third-order valence-corrected chi connectivity index (χ3v) is 7.44. The van der Waals surface area contributed by atoms with Crippen molar-refractivity contribution >= 4 is 27.3 Å². The van der Waals surface area contributed by atoms with Crippen LogP contribution in [-0.4, -0.2) is 41.1 Å². The number of hydrogen-bond donors (Lipinski definition) is 1. The van der Waals surface area contributed by atoms with Crippen molar-refractivity contribution < 1.29 is 17.9 Å². The molecule has 0 bridgehead atoms. The van der Waals surface area contributed by atoms with Crippen LogP contribution in [0.2, 0.25) is 0 Å². The van der Waals surface area contributed by atoms with Crippen LogP contribution in [0.1, 0.15) is 29.9 Å². The van der Waals surface area contributed by atoms with Gasteiger partial charge in [0.1, 0.15) is 18.0 Å². The first-order valence-corrected chi connectivity index (χ1v) is 12.4. The Bertz CT molecular complexity index is 1360. The highest BCUT2D eigenvalue weighted by atomic mass is 32.2. The van der Waals surface area contributed by atoms with Crippen LogP contribution in [-0.2, 0) is 16.6 Å². The largest absolute Gasteiger partial charge is 0.486 e. The highest BCUT2D eigenvalue weighted by Crippen LogP contribution is 2.23. The number of benzene rings is 2. The number of fused-ring (bicyclic) bond motifs is 1. The summed E-state index contributed by atoms with van der Waals surface area (Å²) < 4.78 is 34.5. The second-order valence-corrected chi connectivity index (χ2v) is 9.49. The van der Waals surface area contributed by atoms with Gasteiger partial charge in [-0.2, -0.15) is 4.31 Å². The fourth-order valence-electron chi connectivity index (χ4n) is 3.61. The number of sulfonamides is 1. The summed E-state index contributed by atoms with van der Waals surface area (Å²) in [6.07, 6.45) is 3.79. The van der Waals surface area contributed by atoms with E-state index in [1.165, 1.54) is 16.4 Å². The Kier molecular flexibility index (Phi) is 6.95. The van der Waals surface area contributed by atoms with Crippen molar-refractivity contribution in [3.05, 3.63) is 90.4 Å². The van der Waals surface area contributed by atoms with Crippen molar-refractivity contribution in [2.75, 3.05) is 18.4 Å². The molecule has 1 N–H and O–H groups in total. The van der Waals surface area contributed by atoms with Gasteiger partial charge >= 0.3 is 0 Å². The number of ether oxygens (including phenoxy) is 1. The van der Waals surface area contributed by atoms with Gasteiger partial charge in [0.25, 0.3) is 5.91 Å². The molecule has 0 spiro atoms. The van der Waals surface area contributed by atoms with Crippen LogP contribution in [0.5, 0.6) is 5.75 Å². The lowest BCUT2D eigenvalue weighted by molar-refractivity contribution is 0.102. The molecule has 34 heavy (non-hydrogen) atoms. The standard InChI is InChI=1S/C25H26N4O4S/c1-3-29(4-2)34(31,32)21-14-12-19(13-15-21)27-25(30)22-9-5-6-10-23(22)33-18-20-17-28-16-8-7-11-24(28)26-20/h5-17H,3-4,18H2,1-2H3,(H,27,30). The predicted octanol–water partition coefficient (Wildman–Crippen LogP) is 4.20. The second-order valence-electron chi connectivity index (χ2n) is 7.55. The van der Waals surface area contributed by atoms with E-state index in [4.69, 9.17) is 4.74 Å². The van der Waals surface area contributed by atoms with Crippen molar-refractivity contribution in [1.82, 2.24) is 13.7 Å². The van der Waals surface area contributed by atoms with Crippen molar-refractivity contribution in [3.8, 4) is 5.75 Å². The summed E-state index contributed by atoms with van der Waals surface area (Å²) in [5.41, 5.74) is 2.41. The molecule has 0 aliphatic rings. The molecule has 1 amide bonds. The quantitative estimate of drug-likeness (QED) is 0.389. The van der Waals surface area contributed by atoms with E-state index in [0.29, 0.717) is 30.1 Å². The van der Waals surface area contributed by atoms with E-state index in [2.05, 4.69) is 10.3 Å². The molecule has 2 aromatic heterocycles. The Labute approximate surface area is 198 Å². The van der Waals surface area contributed by atoms with Gasteiger partial charge in [-0.05, 0) is 48.5 Å². The molecule has 0 aliphatic carbocycles. The molecule has 0 saturated carbocycles. The van der Waals surface area contributed by atoms with Crippen molar-refractivity contribution in [2.24, 2.45) is 0 Å². The van der Waals surface area contributed by atoms with Gasteiger partial charge in [-0.15, -0.1) is 0 Å². The first kappa shape index (κ1) is 23.5. The molecule has 0 radical (unpaired) electrons. The molecule has 8 nitrogen and oxygen atoms in total. The van der Waals surface area contributed by atoms with Crippen LogP contribution in [0.15, 0.2) is 84.0 Å². The Morgan fingerprint density at radius 1 is 1.00 bits per heavy atom. The van der Waals surface area contributed by atoms with Crippen LogP contribution >= 0.6 is 0 Å². The predicted molar refractivity (Wildman–Crippen MR) is 130 cm³/mol. The summed E-state index contributed by atoms with van der Waals surface area (Å²) in [6.45, 7) is 4.59. The molecular formula is C25H26N4O4S. The van der Waals surface area contributed by atoms with E-state index in [0.717, 1.165) is 11.3 Å². The van der Waals surface area contributed by atoms with E-state index < -0.39 is 10.0 Å². The highest BCUT2D eigenvalue weighted by molar-refractivity contribution is 7.89. The maximum atomic E-state index is 12.9. The van der Waals surface area contributed by atoms with Gasteiger partial charge in [-0.1, -0.05) is 32.0 Å². The summed E-state index contributed by atoms with van der Waals surface area (Å²) in [6, 6.07) is 18.8. The van der Waals surface area contributed by atoms with Gasteiger partial charge in [0.2, 0.25) is 10.0 Å². The normalized spacial score (nSPS) is 11.6. The Hall–Kier alpha value is -3.69. The van der Waals surface area contributed by atoms with Crippen LogP contribution in [0.3, 0.4) is 0 Å². The number of aromatic nitrogens is 2. The average molecular weight is 479 g/mol. The molecule has 4 aromatic rings. The fraction of sp³-hybridized carbons (Fsp3) is 0.200. The fourth-order valence-corrected chi connectivity index (χ4v) is 5.07. The van der Waals surface area contributed by atoms with E-state index >= 15 is 0 Å². The second kappa shape index (κ2) is 10.1. The van der Waals surface area contributed by atoms with Gasteiger partial charge < -0.3 is 14.5 Å². The molecular weight excluding hydrogens is 452 g/mol. The SMILES string of the molecule is CCN(CC)S(=O)(=O)c1ccc(NC(=O)c2ccccc2OCc2cn3ccccc3n2)cc1. The molecule has 0 aliphatic heterocycles. The zero-order valence-electron chi connectivity index (χ0n) is 19.0. The number of imidazole rings is 1. The maximum absolute atomic E-state index is 12.9. The summed E-state index contributed by atoms with van der Waals surface area (Å²) in [5.74, 6) is 0.0720. The number of para-hydroxylation sites is 1. The van der Waals surface area contributed by atoms with E-state index in [1.807, 2.05) is 35.0 Å². The molecule has 4 rings (SSSR count). The number of hydrogen-bond acceptors (Lipinski definition) is 5. The van der Waals surface area contributed by atoms with Crippen LogP contribution in [0.4, 0.5) is 5.69 Å². The first-order chi connectivity index (χ1) is 16.4. The van der Waals surface area contributed by atoms with Gasteiger partial charge in [0.15, 0.2) is 0 Å². The number of amides is 1. The number of pyridine rings is 1. The van der Waals surface area contributed by atoms with E-state index in [-0.39, 0.29) is 17.4 Å². The lowest BCUT2D eigenvalue weighted by Gasteiger charge is -2.18. The Morgan fingerprint density at radius 3 is 2.41 bits per heavy atom. The lowest BCUT2D eigenvalue weighted by Crippen LogP contribution is -2.30. The van der Waals surface area contributed by atoms with Crippen molar-refractivity contribution in [3.63, 3.8) is 0 Å². The topological polar surface area (TPSA) is 93.0 Å². The minimum atomic E-state index is -3.56. The maximum Gasteiger partial charge on any atom is 0.259 e. The first-order valence-electron chi connectivity index (χ1n) is 11.0. The van der Waals surface area contributed by atoms with Crippen LogP contribution in [0, 0.1) is 0 Å². The van der Waals surface area contributed by atoms with Gasteiger partial charge in [-0.3, -0.25) is 4.79 Å². The average Bonchev–Trinajstić information content (AvgIpc) is 3.27. The zero-order chi connectivity index (χ0) is 24.1. The van der Waals surface area contributed by atoms with Gasteiger partial charge in [0, 0.05) is 31.2 Å². The molecule has 176 valence electrons. The molecule has 2 aromatic carbocycles. The van der Waals surface area contributed by atoms with E-state index in [9.17, 15) is 13.2 Å². The number of anilines is 1. The highest BCUT2D eigenvalue weighted by Gasteiger charge is 2.21. The summed E-state index contributed by atoms with van der Waals surface area (Å²) >= 11 is 0. The molecule has 0 fully saturated rings. The molecule has 0 atom stereocenters. The number of carbonyl (C=O) groups excluding carboxylic acids is 1.